The Morgan fingerprint density at radius 1 is 1.35 bits per heavy atom. The Balaban J connectivity index is 2.54. The Hall–Kier alpha value is -1.82. The van der Waals surface area contributed by atoms with Crippen molar-refractivity contribution in [2.45, 2.75) is 26.8 Å². The van der Waals surface area contributed by atoms with Crippen molar-refractivity contribution in [2.24, 2.45) is 0 Å². The fraction of sp³-hybridized carbons (Fsp3) is 0.571. The molecule has 1 aromatic rings. The third-order valence-corrected chi connectivity index (χ3v) is 3.12. The van der Waals surface area contributed by atoms with Crippen LogP contribution in [0.25, 0.3) is 0 Å². The second-order valence-corrected chi connectivity index (χ2v) is 4.36. The fourth-order valence-electron chi connectivity index (χ4n) is 1.82. The molecule has 1 amide bonds. The first-order valence-corrected chi connectivity index (χ1v) is 6.72. The first-order chi connectivity index (χ1) is 9.53. The summed E-state index contributed by atoms with van der Waals surface area (Å²) in [7, 11) is 1.30. The third kappa shape index (κ3) is 4.09. The average Bonchev–Trinajstić information content (AvgIpc) is 2.95. The molecule has 1 N–H and O–H groups in total. The highest BCUT2D eigenvalue weighted by molar-refractivity contribution is 5.86. The van der Waals surface area contributed by atoms with Crippen molar-refractivity contribution in [1.82, 2.24) is 10.2 Å². The van der Waals surface area contributed by atoms with Gasteiger partial charge in [-0.3, -0.25) is 10.1 Å². The van der Waals surface area contributed by atoms with Crippen LogP contribution >= 0.6 is 0 Å². The summed E-state index contributed by atoms with van der Waals surface area (Å²) >= 11 is 0. The lowest BCUT2D eigenvalue weighted by Gasteiger charge is -2.20. The van der Waals surface area contributed by atoms with Crippen LogP contribution in [0.4, 0.5) is 0 Å². The summed E-state index contributed by atoms with van der Waals surface area (Å²) in [5.74, 6) is 0.285. The highest BCUT2D eigenvalue weighted by Gasteiger charge is 2.17. The van der Waals surface area contributed by atoms with Gasteiger partial charge < -0.3 is 14.1 Å². The molecule has 0 aliphatic heterocycles. The molecule has 0 saturated heterocycles. The molecular weight excluding hydrogens is 260 g/mol. The van der Waals surface area contributed by atoms with Crippen molar-refractivity contribution in [3.8, 4) is 0 Å². The fourth-order valence-corrected chi connectivity index (χ4v) is 1.82. The summed E-state index contributed by atoms with van der Waals surface area (Å²) < 4.78 is 9.96. The van der Waals surface area contributed by atoms with Crippen LogP contribution in [-0.4, -0.2) is 43.5 Å². The maximum atomic E-state index is 11.9. The van der Waals surface area contributed by atoms with E-state index in [1.807, 2.05) is 20.8 Å². The molecule has 1 heterocycles. The number of hydrogen-bond donors (Lipinski definition) is 1. The lowest BCUT2D eigenvalue weighted by atomic mass is 10.2. The van der Waals surface area contributed by atoms with E-state index in [2.05, 4.69) is 10.1 Å². The molecule has 0 spiro atoms. The number of ether oxygens (including phenoxy) is 1. The molecule has 0 aromatic carbocycles. The van der Waals surface area contributed by atoms with Crippen LogP contribution < -0.4 is 5.32 Å². The molecule has 0 radical (unpaired) electrons. The standard InChI is InChI=1S/C14H22N2O4/c1-5-16(6-2)13(17)9-15-10(3)11-7-8-12(20-11)14(18)19-4/h7-8,10,15H,5-6,9H2,1-4H3. The van der Waals surface area contributed by atoms with Crippen LogP contribution in [0.5, 0.6) is 0 Å². The number of esters is 1. The lowest BCUT2D eigenvalue weighted by molar-refractivity contribution is -0.130. The van der Waals surface area contributed by atoms with Crippen molar-refractivity contribution in [3.63, 3.8) is 0 Å². The van der Waals surface area contributed by atoms with E-state index in [1.165, 1.54) is 7.11 Å². The van der Waals surface area contributed by atoms with E-state index >= 15 is 0 Å². The summed E-state index contributed by atoms with van der Waals surface area (Å²) in [5, 5.41) is 3.08. The van der Waals surface area contributed by atoms with Gasteiger partial charge in [0.25, 0.3) is 0 Å². The van der Waals surface area contributed by atoms with Crippen molar-refractivity contribution >= 4 is 11.9 Å². The Morgan fingerprint density at radius 3 is 2.55 bits per heavy atom. The molecule has 112 valence electrons. The number of furan rings is 1. The number of hydrogen-bond acceptors (Lipinski definition) is 5. The van der Waals surface area contributed by atoms with Gasteiger partial charge in [0.05, 0.1) is 19.7 Å². The minimum atomic E-state index is -0.511. The van der Waals surface area contributed by atoms with E-state index in [0.717, 1.165) is 0 Å². The number of nitrogens with zero attached hydrogens (tertiary/aromatic N) is 1. The zero-order valence-electron chi connectivity index (χ0n) is 12.4. The number of carbonyl (C=O) groups is 2. The van der Waals surface area contributed by atoms with Gasteiger partial charge in [-0.1, -0.05) is 0 Å². The maximum Gasteiger partial charge on any atom is 0.373 e. The van der Waals surface area contributed by atoms with Gasteiger partial charge >= 0.3 is 5.97 Å². The minimum absolute atomic E-state index is 0.0431. The molecule has 1 unspecified atom stereocenters. The summed E-state index contributed by atoms with van der Waals surface area (Å²) in [5.41, 5.74) is 0. The third-order valence-electron chi connectivity index (χ3n) is 3.12. The number of nitrogens with one attached hydrogen (secondary N) is 1. The predicted octanol–water partition coefficient (Wildman–Crippen LogP) is 1.59. The van der Waals surface area contributed by atoms with E-state index in [-0.39, 0.29) is 24.3 Å². The van der Waals surface area contributed by atoms with E-state index in [4.69, 9.17) is 4.42 Å². The zero-order chi connectivity index (χ0) is 15.1. The van der Waals surface area contributed by atoms with Gasteiger partial charge in [0.2, 0.25) is 11.7 Å². The largest absolute Gasteiger partial charge is 0.463 e. The molecule has 20 heavy (non-hydrogen) atoms. The van der Waals surface area contributed by atoms with Crippen LogP contribution in [0.1, 0.15) is 43.1 Å². The molecule has 0 aliphatic carbocycles. The second-order valence-electron chi connectivity index (χ2n) is 4.36. The topological polar surface area (TPSA) is 71.8 Å². The van der Waals surface area contributed by atoms with Crippen molar-refractivity contribution < 1.29 is 18.7 Å². The van der Waals surface area contributed by atoms with Crippen LogP contribution in [0, 0.1) is 0 Å². The first kappa shape index (κ1) is 16.2. The van der Waals surface area contributed by atoms with Gasteiger partial charge in [0, 0.05) is 13.1 Å². The predicted molar refractivity (Wildman–Crippen MR) is 74.4 cm³/mol. The van der Waals surface area contributed by atoms with Crippen LogP contribution in [0.2, 0.25) is 0 Å². The summed E-state index contributed by atoms with van der Waals surface area (Å²) in [4.78, 5) is 24.9. The molecule has 6 heteroatoms. The van der Waals surface area contributed by atoms with E-state index in [0.29, 0.717) is 18.8 Å². The lowest BCUT2D eigenvalue weighted by Crippen LogP contribution is -2.38. The number of amides is 1. The van der Waals surface area contributed by atoms with Crippen molar-refractivity contribution in [1.29, 1.82) is 0 Å². The van der Waals surface area contributed by atoms with Gasteiger partial charge in [-0.15, -0.1) is 0 Å². The number of carbonyl (C=O) groups excluding carboxylic acids is 2. The Labute approximate surface area is 119 Å². The van der Waals surface area contributed by atoms with Crippen molar-refractivity contribution in [2.75, 3.05) is 26.7 Å². The molecular formula is C14H22N2O4. The van der Waals surface area contributed by atoms with Crippen LogP contribution in [-0.2, 0) is 9.53 Å². The van der Waals surface area contributed by atoms with Gasteiger partial charge in [-0.25, -0.2) is 4.79 Å². The molecule has 1 atom stereocenters. The number of methoxy groups -OCH3 is 1. The van der Waals surface area contributed by atoms with Crippen LogP contribution in [0.3, 0.4) is 0 Å². The Kier molecular flexibility index (Phi) is 6.24. The Morgan fingerprint density at radius 2 is 2.00 bits per heavy atom. The minimum Gasteiger partial charge on any atom is -0.463 e. The number of rotatable bonds is 7. The quantitative estimate of drug-likeness (QED) is 0.769. The molecule has 6 nitrogen and oxygen atoms in total. The molecule has 0 bridgehead atoms. The monoisotopic (exact) mass is 282 g/mol. The van der Waals surface area contributed by atoms with Gasteiger partial charge in [0.15, 0.2) is 0 Å². The molecule has 0 fully saturated rings. The van der Waals surface area contributed by atoms with Gasteiger partial charge in [-0.05, 0) is 32.9 Å². The smallest absolute Gasteiger partial charge is 0.373 e. The van der Waals surface area contributed by atoms with Crippen LogP contribution in [0.15, 0.2) is 16.5 Å². The summed E-state index contributed by atoms with van der Waals surface area (Å²) in [6.45, 7) is 7.38. The van der Waals surface area contributed by atoms with E-state index < -0.39 is 5.97 Å². The van der Waals surface area contributed by atoms with Crippen molar-refractivity contribution in [3.05, 3.63) is 23.7 Å². The normalized spacial score (nSPS) is 12.0. The molecule has 1 aromatic heterocycles. The SMILES string of the molecule is CCN(CC)C(=O)CNC(C)c1ccc(C(=O)OC)o1. The zero-order valence-corrected chi connectivity index (χ0v) is 12.4. The van der Waals surface area contributed by atoms with Gasteiger partial charge in [-0.2, -0.15) is 0 Å². The van der Waals surface area contributed by atoms with E-state index in [9.17, 15) is 9.59 Å². The Bertz CT molecular complexity index is 452. The molecule has 1 rings (SSSR count). The number of likely N-dealkylation sites (N-methyl/N-ethyl adjacent to an activating group) is 1. The molecule has 0 aliphatic rings. The molecule has 0 saturated carbocycles. The summed E-state index contributed by atoms with van der Waals surface area (Å²) in [6.07, 6.45) is 0. The highest BCUT2D eigenvalue weighted by Crippen LogP contribution is 2.16. The average molecular weight is 282 g/mol. The summed E-state index contributed by atoms with van der Waals surface area (Å²) in [6, 6.07) is 3.10. The second kappa shape index (κ2) is 7.69. The van der Waals surface area contributed by atoms with Gasteiger partial charge in [0.1, 0.15) is 5.76 Å². The maximum absolute atomic E-state index is 11.9. The van der Waals surface area contributed by atoms with E-state index in [1.54, 1.807) is 17.0 Å². The first-order valence-electron chi connectivity index (χ1n) is 6.72. The highest BCUT2D eigenvalue weighted by atomic mass is 16.5.